The van der Waals surface area contributed by atoms with Crippen LogP contribution >= 0.6 is 0 Å². The molecule has 9 heteroatoms. The number of aromatic nitrogens is 6. The van der Waals surface area contributed by atoms with Crippen LogP contribution < -0.4 is 5.32 Å². The van der Waals surface area contributed by atoms with Crippen LogP contribution in [0.1, 0.15) is 21.7 Å². The van der Waals surface area contributed by atoms with Crippen LogP contribution in [0.15, 0.2) is 36.9 Å². The van der Waals surface area contributed by atoms with Crippen LogP contribution in [-0.2, 0) is 7.05 Å². The third-order valence-electron chi connectivity index (χ3n) is 4.21. The fourth-order valence-electron chi connectivity index (χ4n) is 3.05. The molecule has 0 unspecified atom stereocenters. The Kier molecular flexibility index (Phi) is 3.91. The predicted molar refractivity (Wildman–Crippen MR) is 97.3 cm³/mol. The molecule has 4 rings (SSSR count). The standard InChI is InChI=1S/C18H16FN7O/c1-10-6-13(16-11(2)24-25(3)17(16)22-10)18(27)23-12-4-5-15(14(19)7-12)26-9-20-8-21-26/h4-9H,1-3H3,(H,23,27). The van der Waals surface area contributed by atoms with E-state index in [9.17, 15) is 9.18 Å². The average molecular weight is 365 g/mol. The zero-order valence-electron chi connectivity index (χ0n) is 14.9. The van der Waals surface area contributed by atoms with Gasteiger partial charge in [0.05, 0.1) is 16.6 Å². The molecule has 4 aromatic rings. The van der Waals surface area contributed by atoms with Gasteiger partial charge in [-0.25, -0.2) is 19.0 Å². The first-order valence-corrected chi connectivity index (χ1v) is 8.21. The van der Waals surface area contributed by atoms with E-state index in [4.69, 9.17) is 0 Å². The van der Waals surface area contributed by atoms with Crippen LogP contribution in [0.2, 0.25) is 0 Å². The number of hydrogen-bond acceptors (Lipinski definition) is 5. The van der Waals surface area contributed by atoms with Crippen LogP contribution in [0.3, 0.4) is 0 Å². The highest BCUT2D eigenvalue weighted by molar-refractivity contribution is 6.12. The highest BCUT2D eigenvalue weighted by Gasteiger charge is 2.18. The van der Waals surface area contributed by atoms with Crippen LogP contribution in [0.25, 0.3) is 16.7 Å². The van der Waals surface area contributed by atoms with Gasteiger partial charge in [-0.2, -0.15) is 10.2 Å². The maximum Gasteiger partial charge on any atom is 0.256 e. The summed E-state index contributed by atoms with van der Waals surface area (Å²) in [5.74, 6) is -0.874. The topological polar surface area (TPSA) is 90.5 Å². The minimum Gasteiger partial charge on any atom is -0.322 e. The number of rotatable bonds is 3. The molecule has 1 amide bonds. The second-order valence-corrected chi connectivity index (χ2v) is 6.18. The van der Waals surface area contributed by atoms with Gasteiger partial charge in [0.2, 0.25) is 0 Å². The summed E-state index contributed by atoms with van der Waals surface area (Å²) < 4.78 is 17.3. The minimum absolute atomic E-state index is 0.246. The number of halogens is 1. The quantitative estimate of drug-likeness (QED) is 0.603. The maximum absolute atomic E-state index is 14.4. The lowest BCUT2D eigenvalue weighted by molar-refractivity contribution is 0.102. The van der Waals surface area contributed by atoms with Crippen molar-refractivity contribution in [2.75, 3.05) is 5.32 Å². The number of nitrogens with one attached hydrogen (secondary N) is 1. The van der Waals surface area contributed by atoms with Gasteiger partial charge in [-0.15, -0.1) is 0 Å². The molecule has 0 aliphatic heterocycles. The second-order valence-electron chi connectivity index (χ2n) is 6.18. The Balaban J connectivity index is 1.69. The SMILES string of the molecule is Cc1cc(C(=O)Nc2ccc(-n3cncn3)c(F)c2)c2c(C)nn(C)c2n1. The number of nitrogens with zero attached hydrogens (tertiary/aromatic N) is 6. The van der Waals surface area contributed by atoms with Crippen molar-refractivity contribution < 1.29 is 9.18 Å². The first kappa shape index (κ1) is 16.8. The number of pyridine rings is 1. The molecule has 1 N–H and O–H groups in total. The highest BCUT2D eigenvalue weighted by Crippen LogP contribution is 2.23. The predicted octanol–water partition coefficient (Wildman–Crippen LogP) is 2.56. The Bertz CT molecular complexity index is 1160. The van der Waals surface area contributed by atoms with Gasteiger partial charge in [0.1, 0.15) is 18.3 Å². The number of anilines is 1. The van der Waals surface area contributed by atoms with Gasteiger partial charge < -0.3 is 5.32 Å². The molecule has 0 bridgehead atoms. The average Bonchev–Trinajstić information content (AvgIpc) is 3.23. The molecule has 0 radical (unpaired) electrons. The Morgan fingerprint density at radius 3 is 2.74 bits per heavy atom. The zero-order valence-corrected chi connectivity index (χ0v) is 14.9. The van der Waals surface area contributed by atoms with E-state index in [1.54, 1.807) is 23.9 Å². The van der Waals surface area contributed by atoms with Gasteiger partial charge in [0.15, 0.2) is 11.5 Å². The van der Waals surface area contributed by atoms with Gasteiger partial charge >= 0.3 is 0 Å². The summed E-state index contributed by atoms with van der Waals surface area (Å²) in [6.07, 6.45) is 2.72. The molecule has 3 aromatic heterocycles. The Morgan fingerprint density at radius 2 is 2.04 bits per heavy atom. The van der Waals surface area contributed by atoms with Gasteiger partial charge in [0.25, 0.3) is 5.91 Å². The van der Waals surface area contributed by atoms with Crippen molar-refractivity contribution in [3.05, 3.63) is 59.7 Å². The van der Waals surface area contributed by atoms with E-state index >= 15 is 0 Å². The van der Waals surface area contributed by atoms with Gasteiger partial charge in [-0.1, -0.05) is 0 Å². The number of hydrogen-bond donors (Lipinski definition) is 1. The second kappa shape index (κ2) is 6.27. The van der Waals surface area contributed by atoms with E-state index in [-0.39, 0.29) is 11.6 Å². The lowest BCUT2D eigenvalue weighted by Gasteiger charge is -2.09. The van der Waals surface area contributed by atoms with Crippen molar-refractivity contribution in [2.45, 2.75) is 13.8 Å². The zero-order chi connectivity index (χ0) is 19.1. The van der Waals surface area contributed by atoms with Crippen LogP contribution in [0, 0.1) is 19.7 Å². The summed E-state index contributed by atoms with van der Waals surface area (Å²) in [6, 6.07) is 6.09. The number of amides is 1. The highest BCUT2D eigenvalue weighted by atomic mass is 19.1. The van der Waals surface area contributed by atoms with E-state index in [2.05, 4.69) is 25.5 Å². The summed E-state index contributed by atoms with van der Waals surface area (Å²) in [7, 11) is 1.78. The molecule has 27 heavy (non-hydrogen) atoms. The number of carbonyl (C=O) groups excluding carboxylic acids is 1. The van der Waals surface area contributed by atoms with Crippen molar-refractivity contribution in [1.29, 1.82) is 0 Å². The molecular formula is C18H16FN7O. The number of aryl methyl sites for hydroxylation is 3. The Hall–Kier alpha value is -3.62. The molecule has 8 nitrogen and oxygen atoms in total. The number of benzene rings is 1. The molecule has 0 saturated carbocycles. The lowest BCUT2D eigenvalue weighted by atomic mass is 10.1. The number of fused-ring (bicyclic) bond motifs is 1. The molecule has 3 heterocycles. The molecule has 0 atom stereocenters. The van der Waals surface area contributed by atoms with Crippen molar-refractivity contribution in [3.8, 4) is 5.69 Å². The first-order valence-electron chi connectivity index (χ1n) is 8.21. The molecule has 0 fully saturated rings. The van der Waals surface area contributed by atoms with E-state index in [1.807, 2.05) is 13.8 Å². The Labute approximate surface area is 153 Å². The molecular weight excluding hydrogens is 349 g/mol. The number of carbonyl (C=O) groups is 1. The van der Waals surface area contributed by atoms with Crippen LogP contribution in [0.5, 0.6) is 0 Å². The first-order chi connectivity index (χ1) is 12.9. The summed E-state index contributed by atoms with van der Waals surface area (Å²) in [5.41, 5.74) is 3.07. The van der Waals surface area contributed by atoms with E-state index in [0.29, 0.717) is 33.7 Å². The normalized spacial score (nSPS) is 11.1. The van der Waals surface area contributed by atoms with E-state index < -0.39 is 5.82 Å². The largest absolute Gasteiger partial charge is 0.322 e. The summed E-state index contributed by atoms with van der Waals surface area (Å²) >= 11 is 0. The molecule has 0 aliphatic carbocycles. The van der Waals surface area contributed by atoms with Crippen LogP contribution in [-0.4, -0.2) is 35.4 Å². The van der Waals surface area contributed by atoms with Crippen molar-refractivity contribution in [3.63, 3.8) is 0 Å². The fraction of sp³-hybridized carbons (Fsp3) is 0.167. The molecule has 0 saturated heterocycles. The minimum atomic E-state index is -0.521. The molecule has 0 spiro atoms. The summed E-state index contributed by atoms with van der Waals surface area (Å²) in [4.78, 5) is 21.1. The van der Waals surface area contributed by atoms with Crippen molar-refractivity contribution in [1.82, 2.24) is 29.5 Å². The molecule has 1 aromatic carbocycles. The van der Waals surface area contributed by atoms with Crippen molar-refractivity contribution >= 4 is 22.6 Å². The third-order valence-corrected chi connectivity index (χ3v) is 4.21. The monoisotopic (exact) mass is 365 g/mol. The van der Waals surface area contributed by atoms with Crippen molar-refractivity contribution in [2.24, 2.45) is 7.05 Å². The van der Waals surface area contributed by atoms with E-state index in [0.717, 1.165) is 0 Å². The smallest absolute Gasteiger partial charge is 0.256 e. The lowest BCUT2D eigenvalue weighted by Crippen LogP contribution is -2.14. The van der Waals surface area contributed by atoms with Gasteiger partial charge in [0, 0.05) is 18.4 Å². The molecule has 0 aliphatic rings. The summed E-state index contributed by atoms with van der Waals surface area (Å²) in [6.45, 7) is 3.63. The Morgan fingerprint density at radius 1 is 1.22 bits per heavy atom. The summed E-state index contributed by atoms with van der Waals surface area (Å²) in [5, 5.41) is 11.7. The van der Waals surface area contributed by atoms with E-state index in [1.165, 1.54) is 29.5 Å². The van der Waals surface area contributed by atoms with Gasteiger partial charge in [-0.05, 0) is 38.1 Å². The maximum atomic E-state index is 14.4. The van der Waals surface area contributed by atoms with Crippen LogP contribution in [0.4, 0.5) is 10.1 Å². The van der Waals surface area contributed by atoms with Gasteiger partial charge in [-0.3, -0.25) is 9.48 Å². The fourth-order valence-corrected chi connectivity index (χ4v) is 3.05. The third kappa shape index (κ3) is 2.92. The molecule has 136 valence electrons.